The summed E-state index contributed by atoms with van der Waals surface area (Å²) in [6.45, 7) is 7.94. The van der Waals surface area contributed by atoms with Crippen LogP contribution in [0.4, 0.5) is 11.4 Å². The van der Waals surface area contributed by atoms with Gasteiger partial charge in [0.15, 0.2) is 0 Å². The molecule has 0 radical (unpaired) electrons. The highest BCUT2D eigenvalue weighted by molar-refractivity contribution is 6.09. The van der Waals surface area contributed by atoms with E-state index in [4.69, 9.17) is 0 Å². The van der Waals surface area contributed by atoms with Crippen molar-refractivity contribution in [2.75, 3.05) is 23.4 Å². The molecule has 4 rings (SSSR count). The molecule has 3 aromatic rings. The highest BCUT2D eigenvalue weighted by atomic mass is 16.2. The summed E-state index contributed by atoms with van der Waals surface area (Å²) in [4.78, 5) is 43.5. The average Bonchev–Trinajstić information content (AvgIpc) is 3.00. The average molecular weight is 487 g/mol. The number of hydrogen-bond acceptors (Lipinski definition) is 4. The third kappa shape index (κ3) is 4.71. The standard InChI is InChI=1S/C29H34N4O3/c1-6-26(34)33-17-24(31-28(35)20(4)30-5)29(36)32(25-13-9-10-19(3)27(25)33)16-23-18(2)14-15-21-11-7-8-12-22(21)23/h7-15,20,24,30H,6,16-17H2,1-5H3,(H,31,35)/t20-,24-/m0/s1. The van der Waals surface area contributed by atoms with Crippen LogP contribution in [0.1, 0.15) is 37.0 Å². The number of nitrogens with zero attached hydrogens (tertiary/aromatic N) is 2. The molecule has 0 aliphatic carbocycles. The largest absolute Gasteiger partial charge is 0.341 e. The van der Waals surface area contributed by atoms with E-state index in [1.54, 1.807) is 30.7 Å². The third-order valence-electron chi connectivity index (χ3n) is 7.04. The predicted octanol–water partition coefficient (Wildman–Crippen LogP) is 3.84. The van der Waals surface area contributed by atoms with Gasteiger partial charge in [0.2, 0.25) is 11.8 Å². The van der Waals surface area contributed by atoms with Crippen molar-refractivity contribution in [3.05, 3.63) is 71.3 Å². The lowest BCUT2D eigenvalue weighted by molar-refractivity contribution is -0.128. The Hall–Kier alpha value is -3.71. The Bertz CT molecular complexity index is 1320. The first-order valence-electron chi connectivity index (χ1n) is 12.4. The van der Waals surface area contributed by atoms with Gasteiger partial charge in [0.25, 0.3) is 5.91 Å². The van der Waals surface area contributed by atoms with Gasteiger partial charge in [0.05, 0.1) is 30.5 Å². The topological polar surface area (TPSA) is 81.8 Å². The van der Waals surface area contributed by atoms with Crippen LogP contribution < -0.4 is 20.4 Å². The molecule has 0 unspecified atom stereocenters. The second-order valence-corrected chi connectivity index (χ2v) is 9.38. The molecule has 0 aromatic heterocycles. The van der Waals surface area contributed by atoms with Crippen LogP contribution in [0.15, 0.2) is 54.6 Å². The SMILES string of the molecule is CCC(=O)N1C[C@H](NC(=O)[C@H](C)NC)C(=O)N(Cc2c(C)ccc3ccccc23)c2cccc(C)c21. The maximum absolute atomic E-state index is 14.1. The maximum Gasteiger partial charge on any atom is 0.251 e. The summed E-state index contributed by atoms with van der Waals surface area (Å²) in [5.41, 5.74) is 4.41. The van der Waals surface area contributed by atoms with Crippen LogP contribution in [0.25, 0.3) is 10.8 Å². The molecule has 1 heterocycles. The first-order valence-corrected chi connectivity index (χ1v) is 12.4. The van der Waals surface area contributed by atoms with Crippen molar-refractivity contribution in [1.29, 1.82) is 0 Å². The lowest BCUT2D eigenvalue weighted by Gasteiger charge is -2.28. The van der Waals surface area contributed by atoms with Gasteiger partial charge in [-0.15, -0.1) is 0 Å². The van der Waals surface area contributed by atoms with E-state index < -0.39 is 12.1 Å². The van der Waals surface area contributed by atoms with Gasteiger partial charge < -0.3 is 20.4 Å². The van der Waals surface area contributed by atoms with Crippen LogP contribution >= 0.6 is 0 Å². The number of benzene rings is 3. The van der Waals surface area contributed by atoms with Gasteiger partial charge >= 0.3 is 0 Å². The van der Waals surface area contributed by atoms with Crippen LogP contribution in [-0.2, 0) is 20.9 Å². The first kappa shape index (κ1) is 25.4. The van der Waals surface area contributed by atoms with Crippen molar-refractivity contribution >= 4 is 39.9 Å². The van der Waals surface area contributed by atoms with E-state index in [1.165, 1.54) is 0 Å². The highest BCUT2D eigenvalue weighted by Gasteiger charge is 2.38. The monoisotopic (exact) mass is 486 g/mol. The molecular formula is C29H34N4O3. The molecule has 3 aromatic carbocycles. The number of anilines is 2. The minimum atomic E-state index is -0.883. The molecule has 2 atom stereocenters. The van der Waals surface area contributed by atoms with Crippen molar-refractivity contribution in [3.63, 3.8) is 0 Å². The molecule has 36 heavy (non-hydrogen) atoms. The normalized spacial score (nSPS) is 16.5. The number of likely N-dealkylation sites (N-methyl/N-ethyl adjacent to an activating group) is 1. The first-order chi connectivity index (χ1) is 17.3. The van der Waals surface area contributed by atoms with Gasteiger partial charge in [-0.05, 0) is 61.3 Å². The Morgan fingerprint density at radius 3 is 2.50 bits per heavy atom. The summed E-state index contributed by atoms with van der Waals surface area (Å²) in [5.74, 6) is -0.622. The highest BCUT2D eigenvalue weighted by Crippen LogP contribution is 2.38. The minimum absolute atomic E-state index is 0.0799. The van der Waals surface area contributed by atoms with E-state index in [1.807, 2.05) is 44.2 Å². The summed E-state index contributed by atoms with van der Waals surface area (Å²) < 4.78 is 0. The fourth-order valence-corrected chi connectivity index (χ4v) is 4.80. The predicted molar refractivity (Wildman–Crippen MR) is 144 cm³/mol. The summed E-state index contributed by atoms with van der Waals surface area (Å²) in [6.07, 6.45) is 0.290. The smallest absolute Gasteiger partial charge is 0.251 e. The van der Waals surface area contributed by atoms with Crippen LogP contribution in [0.5, 0.6) is 0 Å². The van der Waals surface area contributed by atoms with Crippen LogP contribution in [-0.4, -0.2) is 43.4 Å². The zero-order valence-electron chi connectivity index (χ0n) is 21.6. The molecular weight excluding hydrogens is 452 g/mol. The van der Waals surface area contributed by atoms with Crippen LogP contribution in [0, 0.1) is 13.8 Å². The molecule has 1 aliphatic rings. The Morgan fingerprint density at radius 2 is 1.78 bits per heavy atom. The van der Waals surface area contributed by atoms with E-state index in [0.717, 1.165) is 27.5 Å². The third-order valence-corrected chi connectivity index (χ3v) is 7.04. The number of rotatable bonds is 6. The number of amides is 3. The van der Waals surface area contributed by atoms with E-state index >= 15 is 0 Å². The van der Waals surface area contributed by atoms with Crippen molar-refractivity contribution < 1.29 is 14.4 Å². The summed E-state index contributed by atoms with van der Waals surface area (Å²) in [6, 6.07) is 16.7. The van der Waals surface area contributed by atoms with E-state index in [2.05, 4.69) is 34.9 Å². The number of fused-ring (bicyclic) bond motifs is 2. The molecule has 3 amide bonds. The molecule has 7 nitrogen and oxygen atoms in total. The summed E-state index contributed by atoms with van der Waals surface area (Å²) in [7, 11) is 1.70. The number of carbonyl (C=O) groups excluding carboxylic acids is 3. The van der Waals surface area contributed by atoms with Crippen molar-refractivity contribution in [1.82, 2.24) is 10.6 Å². The summed E-state index contributed by atoms with van der Waals surface area (Å²) in [5, 5.41) is 8.00. The van der Waals surface area contributed by atoms with Crippen molar-refractivity contribution in [2.24, 2.45) is 0 Å². The second-order valence-electron chi connectivity index (χ2n) is 9.38. The van der Waals surface area contributed by atoms with E-state index in [-0.39, 0.29) is 30.7 Å². The number of para-hydroxylation sites is 1. The summed E-state index contributed by atoms with van der Waals surface area (Å²) >= 11 is 0. The zero-order chi connectivity index (χ0) is 26.0. The maximum atomic E-state index is 14.1. The molecule has 1 aliphatic heterocycles. The molecule has 0 spiro atoms. The van der Waals surface area contributed by atoms with Crippen LogP contribution in [0.3, 0.4) is 0 Å². The molecule has 188 valence electrons. The molecule has 2 N–H and O–H groups in total. The number of hydrogen-bond donors (Lipinski definition) is 2. The zero-order valence-corrected chi connectivity index (χ0v) is 21.6. The lowest BCUT2D eigenvalue weighted by atomic mass is 9.98. The molecule has 0 bridgehead atoms. The van der Waals surface area contributed by atoms with Crippen molar-refractivity contribution in [3.8, 4) is 0 Å². The Balaban J connectivity index is 1.87. The van der Waals surface area contributed by atoms with Crippen molar-refractivity contribution in [2.45, 2.75) is 52.7 Å². The molecule has 0 saturated carbocycles. The van der Waals surface area contributed by atoms with E-state index in [9.17, 15) is 14.4 Å². The number of carbonyl (C=O) groups is 3. The Kier molecular flexibility index (Phi) is 7.40. The van der Waals surface area contributed by atoms with Gasteiger partial charge in [-0.3, -0.25) is 14.4 Å². The molecule has 7 heteroatoms. The Labute approximate surface area is 212 Å². The molecule has 0 fully saturated rings. The van der Waals surface area contributed by atoms with Gasteiger partial charge in [0.1, 0.15) is 6.04 Å². The van der Waals surface area contributed by atoms with Gasteiger partial charge in [-0.25, -0.2) is 0 Å². The lowest BCUT2D eigenvalue weighted by Crippen LogP contribution is -2.55. The molecule has 0 saturated heterocycles. The van der Waals surface area contributed by atoms with Gasteiger partial charge in [-0.1, -0.05) is 55.5 Å². The quantitative estimate of drug-likeness (QED) is 0.555. The minimum Gasteiger partial charge on any atom is -0.341 e. The number of aryl methyl sites for hydroxylation is 2. The Morgan fingerprint density at radius 1 is 1.03 bits per heavy atom. The second kappa shape index (κ2) is 10.5. The fraction of sp³-hybridized carbons (Fsp3) is 0.345. The number of nitrogens with one attached hydrogen (secondary N) is 2. The van der Waals surface area contributed by atoms with E-state index in [0.29, 0.717) is 17.9 Å². The van der Waals surface area contributed by atoms with Crippen LogP contribution in [0.2, 0.25) is 0 Å². The fourth-order valence-electron chi connectivity index (χ4n) is 4.80. The van der Waals surface area contributed by atoms with Gasteiger partial charge in [0, 0.05) is 6.42 Å². The van der Waals surface area contributed by atoms with Gasteiger partial charge in [-0.2, -0.15) is 0 Å².